The summed E-state index contributed by atoms with van der Waals surface area (Å²) in [5.41, 5.74) is 7.11. The number of rotatable bonds is 3. The van der Waals surface area contributed by atoms with Gasteiger partial charge in [-0.1, -0.05) is 12.1 Å². The van der Waals surface area contributed by atoms with Gasteiger partial charge in [-0.15, -0.1) is 12.6 Å². The van der Waals surface area contributed by atoms with Crippen molar-refractivity contribution in [3.05, 3.63) is 35.4 Å². The molecule has 25 heavy (non-hydrogen) atoms. The second kappa shape index (κ2) is 6.99. The molecule has 1 fully saturated rings. The average Bonchev–Trinajstić information content (AvgIpc) is 3.00. The van der Waals surface area contributed by atoms with E-state index in [2.05, 4.69) is 17.6 Å². The van der Waals surface area contributed by atoms with Gasteiger partial charge in [0.1, 0.15) is 46.5 Å². The zero-order valence-corrected chi connectivity index (χ0v) is 13.9. The van der Waals surface area contributed by atoms with Crippen LogP contribution in [0.3, 0.4) is 0 Å². The monoisotopic (exact) mass is 354 g/mol. The third kappa shape index (κ3) is 3.24. The molecule has 0 radical (unpaired) electrons. The quantitative estimate of drug-likeness (QED) is 0.713. The van der Waals surface area contributed by atoms with Crippen molar-refractivity contribution in [2.75, 3.05) is 18.9 Å². The maximum absolute atomic E-state index is 9.73. The van der Waals surface area contributed by atoms with E-state index in [1.807, 2.05) is 12.1 Å². The Labute approximate surface area is 149 Å². The van der Waals surface area contributed by atoms with E-state index in [1.165, 1.54) is 0 Å². The molecule has 7 nitrogen and oxygen atoms in total. The molecule has 8 heteroatoms. The van der Waals surface area contributed by atoms with E-state index >= 15 is 0 Å². The number of aliphatic hydroxyl groups is 1. The van der Waals surface area contributed by atoms with Crippen LogP contribution < -0.4 is 10.5 Å². The van der Waals surface area contributed by atoms with Crippen LogP contribution in [-0.4, -0.2) is 35.5 Å². The molecule has 0 amide bonds. The highest BCUT2D eigenvalue weighted by molar-refractivity contribution is 7.80. The van der Waals surface area contributed by atoms with Gasteiger partial charge in [0.05, 0.1) is 18.8 Å². The molecule has 3 rings (SSSR count). The van der Waals surface area contributed by atoms with Gasteiger partial charge in [0.15, 0.2) is 0 Å². The summed E-state index contributed by atoms with van der Waals surface area (Å²) >= 11 is 4.17. The Morgan fingerprint density at radius 1 is 1.20 bits per heavy atom. The third-order valence-electron chi connectivity index (χ3n) is 3.86. The van der Waals surface area contributed by atoms with Crippen molar-refractivity contribution in [2.45, 2.75) is 17.2 Å². The molecule has 2 unspecified atom stereocenters. The summed E-state index contributed by atoms with van der Waals surface area (Å²) in [6.45, 7) is 0.574. The number of nitriles is 2. The lowest BCUT2D eigenvalue weighted by Crippen LogP contribution is -2.29. The molecule has 126 valence electrons. The number of nitrogen functional groups attached to an aromatic ring is 1. The first kappa shape index (κ1) is 17.1. The minimum atomic E-state index is -0.665. The van der Waals surface area contributed by atoms with Gasteiger partial charge in [0.25, 0.3) is 0 Å². The Morgan fingerprint density at radius 3 is 2.44 bits per heavy atom. The number of anilines is 1. The Kier molecular flexibility index (Phi) is 4.77. The summed E-state index contributed by atoms with van der Waals surface area (Å²) in [5.74, 6) is 0.566. The van der Waals surface area contributed by atoms with E-state index in [4.69, 9.17) is 15.2 Å². The van der Waals surface area contributed by atoms with Crippen molar-refractivity contribution in [2.24, 2.45) is 0 Å². The number of benzene rings is 1. The third-order valence-corrected chi connectivity index (χ3v) is 4.18. The summed E-state index contributed by atoms with van der Waals surface area (Å²) in [6, 6.07) is 10.8. The maximum Gasteiger partial charge on any atom is 0.150 e. The summed E-state index contributed by atoms with van der Waals surface area (Å²) in [6.07, 6.45) is -1.09. The number of nitrogens with two attached hydrogens (primary N) is 1. The van der Waals surface area contributed by atoms with Crippen molar-refractivity contribution in [1.82, 2.24) is 4.98 Å². The van der Waals surface area contributed by atoms with E-state index in [1.54, 1.807) is 24.3 Å². The minimum Gasteiger partial charge on any atom is -0.485 e. The predicted molar refractivity (Wildman–Crippen MR) is 92.0 cm³/mol. The number of aromatic nitrogens is 1. The number of thiol groups is 1. The van der Waals surface area contributed by atoms with Crippen molar-refractivity contribution < 1.29 is 14.6 Å². The smallest absolute Gasteiger partial charge is 0.150 e. The van der Waals surface area contributed by atoms with Crippen LogP contribution in [0.1, 0.15) is 11.1 Å². The molecule has 1 saturated heterocycles. The van der Waals surface area contributed by atoms with Gasteiger partial charge in [-0.05, 0) is 17.7 Å². The number of nitrogens with zero attached hydrogens (tertiary/aromatic N) is 3. The van der Waals surface area contributed by atoms with Crippen LogP contribution in [0.4, 0.5) is 5.82 Å². The molecular weight excluding hydrogens is 340 g/mol. The Bertz CT molecular complexity index is 848. The zero-order chi connectivity index (χ0) is 18.0. The van der Waals surface area contributed by atoms with E-state index < -0.39 is 12.2 Å². The molecule has 2 heterocycles. The summed E-state index contributed by atoms with van der Waals surface area (Å²) in [5, 5.41) is 28.7. The van der Waals surface area contributed by atoms with Gasteiger partial charge in [-0.2, -0.15) is 10.5 Å². The summed E-state index contributed by atoms with van der Waals surface area (Å²) < 4.78 is 10.8. The van der Waals surface area contributed by atoms with Crippen molar-refractivity contribution in [3.8, 4) is 29.0 Å². The predicted octanol–water partition coefficient (Wildman–Crippen LogP) is 1.50. The summed E-state index contributed by atoms with van der Waals surface area (Å²) in [7, 11) is 0. The Morgan fingerprint density at radius 2 is 1.88 bits per heavy atom. The largest absolute Gasteiger partial charge is 0.485 e. The van der Waals surface area contributed by atoms with E-state index in [9.17, 15) is 15.6 Å². The van der Waals surface area contributed by atoms with Gasteiger partial charge < -0.3 is 20.3 Å². The molecular formula is C17H14N4O3S. The van der Waals surface area contributed by atoms with Crippen LogP contribution in [0, 0.1) is 22.7 Å². The molecule has 3 N–H and O–H groups in total. The van der Waals surface area contributed by atoms with Gasteiger partial charge in [-0.25, -0.2) is 4.98 Å². The van der Waals surface area contributed by atoms with Gasteiger partial charge >= 0.3 is 0 Å². The molecule has 1 aliphatic rings. The number of hydrogen-bond donors (Lipinski definition) is 3. The first-order valence-electron chi connectivity index (χ1n) is 7.40. The maximum atomic E-state index is 9.73. The topological polar surface area (TPSA) is 125 Å². The molecule has 1 aliphatic heterocycles. The van der Waals surface area contributed by atoms with Crippen LogP contribution in [0.15, 0.2) is 29.3 Å². The molecule has 2 aromatic rings. The lowest BCUT2D eigenvalue weighted by atomic mass is 9.97. The van der Waals surface area contributed by atoms with Crippen LogP contribution in [0.2, 0.25) is 0 Å². The fraction of sp³-hybridized carbons (Fsp3) is 0.235. The Hall–Kier alpha value is -2.78. The highest BCUT2D eigenvalue weighted by atomic mass is 32.1. The van der Waals surface area contributed by atoms with Crippen LogP contribution >= 0.6 is 12.6 Å². The van der Waals surface area contributed by atoms with Crippen LogP contribution in [0.5, 0.6) is 5.75 Å². The SMILES string of the molecule is N#Cc1c(N)nc(S)c(C#N)c1-c1ccc(OC2COCC2O)cc1. The van der Waals surface area contributed by atoms with Crippen LogP contribution in [0.25, 0.3) is 11.1 Å². The highest BCUT2D eigenvalue weighted by Gasteiger charge is 2.28. The van der Waals surface area contributed by atoms with Crippen molar-refractivity contribution in [1.29, 1.82) is 10.5 Å². The Balaban J connectivity index is 1.98. The standard InChI is InChI=1S/C17H14N4O3S/c18-5-11-15(12(6-19)17(25)21-16(11)20)9-1-3-10(4-2-9)24-14-8-23-7-13(14)22/h1-4,13-14,22H,7-8H2,(H3,20,21,25). The van der Waals surface area contributed by atoms with Crippen molar-refractivity contribution in [3.63, 3.8) is 0 Å². The molecule has 1 aromatic carbocycles. The molecule has 0 aliphatic carbocycles. The van der Waals surface area contributed by atoms with E-state index in [-0.39, 0.29) is 28.6 Å². The first-order chi connectivity index (χ1) is 12.0. The fourth-order valence-corrected chi connectivity index (χ4v) is 2.88. The number of ether oxygens (including phenoxy) is 2. The second-order valence-electron chi connectivity index (χ2n) is 5.45. The van der Waals surface area contributed by atoms with Crippen molar-refractivity contribution >= 4 is 18.4 Å². The molecule has 0 saturated carbocycles. The van der Waals surface area contributed by atoms with Gasteiger partial charge in [0.2, 0.25) is 0 Å². The fourth-order valence-electron chi connectivity index (χ4n) is 2.61. The zero-order valence-electron chi connectivity index (χ0n) is 13.0. The van der Waals surface area contributed by atoms with Gasteiger partial charge in [0, 0.05) is 5.56 Å². The van der Waals surface area contributed by atoms with E-state index in [0.29, 0.717) is 23.5 Å². The number of aliphatic hydroxyl groups excluding tert-OH is 1. The number of hydrogen-bond acceptors (Lipinski definition) is 8. The summed E-state index contributed by atoms with van der Waals surface area (Å²) in [4.78, 5) is 3.93. The molecule has 0 spiro atoms. The first-order valence-corrected chi connectivity index (χ1v) is 7.85. The lowest BCUT2D eigenvalue weighted by molar-refractivity contribution is 0.0733. The average molecular weight is 354 g/mol. The highest BCUT2D eigenvalue weighted by Crippen LogP contribution is 2.34. The molecule has 2 atom stereocenters. The van der Waals surface area contributed by atoms with Crippen LogP contribution in [-0.2, 0) is 4.74 Å². The molecule has 1 aromatic heterocycles. The molecule has 0 bridgehead atoms. The second-order valence-corrected chi connectivity index (χ2v) is 5.88. The van der Waals surface area contributed by atoms with Gasteiger partial charge in [-0.3, -0.25) is 0 Å². The number of pyridine rings is 1. The minimum absolute atomic E-state index is 0.0213. The van der Waals surface area contributed by atoms with E-state index in [0.717, 1.165) is 0 Å². The lowest BCUT2D eigenvalue weighted by Gasteiger charge is -2.16. The normalized spacial score (nSPS) is 19.2.